The van der Waals surface area contributed by atoms with Crippen molar-refractivity contribution in [2.24, 2.45) is 5.92 Å². The fraction of sp³-hybridized carbons (Fsp3) is 0.308. The Morgan fingerprint density at radius 3 is 2.73 bits per heavy atom. The molecule has 7 heteroatoms. The van der Waals surface area contributed by atoms with Crippen molar-refractivity contribution in [2.45, 2.75) is 38.1 Å². The first-order valence-corrected chi connectivity index (χ1v) is 11.4. The minimum Gasteiger partial charge on any atom is -0.463 e. The number of furan rings is 1. The number of rotatable bonds is 3. The van der Waals surface area contributed by atoms with Gasteiger partial charge in [-0.05, 0) is 31.0 Å². The van der Waals surface area contributed by atoms with Crippen LogP contribution in [0, 0.1) is 5.92 Å². The highest BCUT2D eigenvalue weighted by Gasteiger charge is 2.41. The maximum absolute atomic E-state index is 14.1. The fourth-order valence-electron chi connectivity index (χ4n) is 5.31. The van der Waals surface area contributed by atoms with E-state index in [1.54, 1.807) is 24.5 Å². The highest BCUT2D eigenvalue weighted by atomic mass is 16.5. The number of ketones is 1. The number of piperidine rings is 1. The van der Waals surface area contributed by atoms with Crippen LogP contribution in [-0.2, 0) is 4.79 Å². The summed E-state index contributed by atoms with van der Waals surface area (Å²) in [7, 11) is 0. The van der Waals surface area contributed by atoms with Crippen LogP contribution < -0.4 is 0 Å². The normalized spacial score (nSPS) is 20.7. The fourth-order valence-corrected chi connectivity index (χ4v) is 5.31. The zero-order valence-electron chi connectivity index (χ0n) is 18.1. The van der Waals surface area contributed by atoms with Crippen molar-refractivity contribution in [3.63, 3.8) is 0 Å². The van der Waals surface area contributed by atoms with E-state index < -0.39 is 0 Å². The summed E-state index contributed by atoms with van der Waals surface area (Å²) in [5.41, 5.74) is 2.72. The summed E-state index contributed by atoms with van der Waals surface area (Å²) in [6.07, 6.45) is 5.77. The van der Waals surface area contributed by atoms with Gasteiger partial charge >= 0.3 is 0 Å². The molecule has 2 unspecified atom stereocenters. The molecule has 1 saturated carbocycles. The average Bonchev–Trinajstić information content (AvgIpc) is 3.54. The number of benzene rings is 1. The maximum Gasteiger partial charge on any atom is 0.259 e. The van der Waals surface area contributed by atoms with Crippen LogP contribution in [0.4, 0.5) is 0 Å². The molecule has 0 N–H and O–H groups in total. The maximum atomic E-state index is 14.1. The summed E-state index contributed by atoms with van der Waals surface area (Å²) in [5.74, 6) is 0.664. The third-order valence-electron chi connectivity index (χ3n) is 6.90. The lowest BCUT2D eigenvalue weighted by Crippen LogP contribution is -2.53. The van der Waals surface area contributed by atoms with Gasteiger partial charge in [0.2, 0.25) is 0 Å². The number of hydrogen-bond donors (Lipinski definition) is 0. The molecule has 4 aromatic rings. The minimum absolute atomic E-state index is 0.0530. The van der Waals surface area contributed by atoms with Gasteiger partial charge in [0.1, 0.15) is 17.2 Å². The van der Waals surface area contributed by atoms with Crippen LogP contribution in [0.2, 0.25) is 0 Å². The van der Waals surface area contributed by atoms with Crippen LogP contribution in [0.15, 0.2) is 63.7 Å². The molecule has 0 bridgehead atoms. The van der Waals surface area contributed by atoms with E-state index in [0.29, 0.717) is 46.8 Å². The standard InChI is InChI=1S/C26H23N3O4/c30-21-12-13-29(20-10-5-4-9-17(20)21)26(31)18-15-19(22-11-6-14-32-22)27-25-23(18)24(28-33-25)16-7-2-1-3-8-16/h1-3,6-8,11,14-15,17,20H,4-5,9-10,12-13H2. The Balaban J connectivity index is 1.51. The van der Waals surface area contributed by atoms with Gasteiger partial charge in [-0.3, -0.25) is 9.59 Å². The Hall–Kier alpha value is -3.74. The third kappa shape index (κ3) is 3.35. The SMILES string of the molecule is O=C1CCN(C(=O)c2cc(-c3ccco3)nc3onc(-c4ccccc4)c23)C2CCCCC12. The van der Waals surface area contributed by atoms with Crippen molar-refractivity contribution in [3.8, 4) is 22.7 Å². The molecule has 6 rings (SSSR count). The third-order valence-corrected chi connectivity index (χ3v) is 6.90. The zero-order valence-corrected chi connectivity index (χ0v) is 18.1. The number of nitrogens with zero attached hydrogens (tertiary/aromatic N) is 3. The molecule has 0 radical (unpaired) electrons. The number of Topliss-reactive ketones (excluding diaryl/α,β-unsaturated/α-hetero) is 1. The van der Waals surface area contributed by atoms with Crippen LogP contribution in [-0.4, -0.2) is 39.3 Å². The second kappa shape index (κ2) is 7.99. The number of aromatic nitrogens is 2. The summed E-state index contributed by atoms with van der Waals surface area (Å²) in [4.78, 5) is 33.1. The van der Waals surface area contributed by atoms with Crippen molar-refractivity contribution >= 4 is 22.8 Å². The monoisotopic (exact) mass is 441 g/mol. The Kier molecular flexibility index (Phi) is 4.82. The summed E-state index contributed by atoms with van der Waals surface area (Å²) in [5, 5.41) is 4.87. The van der Waals surface area contributed by atoms with Crippen molar-refractivity contribution in [1.82, 2.24) is 15.0 Å². The van der Waals surface area contributed by atoms with Gasteiger partial charge in [0, 0.05) is 30.5 Å². The van der Waals surface area contributed by atoms with E-state index in [-0.39, 0.29) is 23.7 Å². The number of carbonyl (C=O) groups is 2. The number of carbonyl (C=O) groups excluding carboxylic acids is 2. The van der Waals surface area contributed by atoms with Crippen LogP contribution in [0.5, 0.6) is 0 Å². The van der Waals surface area contributed by atoms with Crippen LogP contribution >= 0.6 is 0 Å². The first kappa shape index (κ1) is 19.9. The minimum atomic E-state index is -0.111. The smallest absolute Gasteiger partial charge is 0.259 e. The number of hydrogen-bond acceptors (Lipinski definition) is 6. The van der Waals surface area contributed by atoms with E-state index >= 15 is 0 Å². The lowest BCUT2D eigenvalue weighted by atomic mass is 9.77. The summed E-state index contributed by atoms with van der Waals surface area (Å²) >= 11 is 0. The van der Waals surface area contributed by atoms with Gasteiger partial charge in [-0.15, -0.1) is 0 Å². The van der Waals surface area contributed by atoms with Crippen molar-refractivity contribution in [1.29, 1.82) is 0 Å². The molecule has 33 heavy (non-hydrogen) atoms. The van der Waals surface area contributed by atoms with Gasteiger partial charge < -0.3 is 13.8 Å². The van der Waals surface area contributed by atoms with E-state index in [1.807, 2.05) is 35.2 Å². The molecule has 2 aliphatic rings. The van der Waals surface area contributed by atoms with E-state index in [2.05, 4.69) is 10.1 Å². The Morgan fingerprint density at radius 1 is 1.06 bits per heavy atom. The van der Waals surface area contributed by atoms with Gasteiger partial charge in [0.05, 0.1) is 17.2 Å². The van der Waals surface area contributed by atoms with Gasteiger partial charge in [0.15, 0.2) is 5.76 Å². The van der Waals surface area contributed by atoms with Crippen molar-refractivity contribution in [3.05, 3.63) is 60.4 Å². The molecular formula is C26H23N3O4. The van der Waals surface area contributed by atoms with Crippen LogP contribution in [0.25, 0.3) is 33.8 Å². The molecule has 1 aliphatic carbocycles. The summed E-state index contributed by atoms with van der Waals surface area (Å²) in [6, 6.07) is 14.9. The molecule has 7 nitrogen and oxygen atoms in total. The van der Waals surface area contributed by atoms with E-state index in [4.69, 9.17) is 8.94 Å². The molecule has 2 fully saturated rings. The van der Waals surface area contributed by atoms with Crippen molar-refractivity contribution in [2.75, 3.05) is 6.54 Å². The molecule has 2 atom stereocenters. The molecular weight excluding hydrogens is 418 g/mol. The second-order valence-electron chi connectivity index (χ2n) is 8.78. The predicted octanol–water partition coefficient (Wildman–Crippen LogP) is 5.12. The molecule has 0 spiro atoms. The molecule has 3 aromatic heterocycles. The Bertz CT molecular complexity index is 1330. The predicted molar refractivity (Wildman–Crippen MR) is 121 cm³/mol. The van der Waals surface area contributed by atoms with Crippen LogP contribution in [0.1, 0.15) is 42.5 Å². The summed E-state index contributed by atoms with van der Waals surface area (Å²) in [6.45, 7) is 0.435. The molecule has 166 valence electrons. The van der Waals surface area contributed by atoms with Crippen LogP contribution in [0.3, 0.4) is 0 Å². The number of pyridine rings is 1. The number of fused-ring (bicyclic) bond motifs is 2. The quantitative estimate of drug-likeness (QED) is 0.438. The topological polar surface area (TPSA) is 89.4 Å². The highest BCUT2D eigenvalue weighted by Crippen LogP contribution is 2.37. The number of amides is 1. The first-order chi connectivity index (χ1) is 16.2. The molecule has 1 aromatic carbocycles. The second-order valence-corrected chi connectivity index (χ2v) is 8.78. The zero-order chi connectivity index (χ0) is 22.4. The van der Waals surface area contributed by atoms with Gasteiger partial charge in [0.25, 0.3) is 11.6 Å². The molecule has 1 saturated heterocycles. The summed E-state index contributed by atoms with van der Waals surface area (Å²) < 4.78 is 11.2. The Labute approximate surface area is 190 Å². The van der Waals surface area contributed by atoms with Crippen molar-refractivity contribution < 1.29 is 18.5 Å². The molecule has 4 heterocycles. The Morgan fingerprint density at radius 2 is 1.91 bits per heavy atom. The highest BCUT2D eigenvalue weighted by molar-refractivity contribution is 6.10. The van der Waals surface area contributed by atoms with Gasteiger partial charge in [-0.1, -0.05) is 48.3 Å². The average molecular weight is 441 g/mol. The lowest BCUT2D eigenvalue weighted by molar-refractivity contribution is -0.129. The van der Waals surface area contributed by atoms with E-state index in [0.717, 1.165) is 31.2 Å². The van der Waals surface area contributed by atoms with Gasteiger partial charge in [-0.2, -0.15) is 0 Å². The molecule has 1 aliphatic heterocycles. The van der Waals surface area contributed by atoms with Gasteiger partial charge in [-0.25, -0.2) is 4.98 Å². The van der Waals surface area contributed by atoms with E-state index in [1.165, 1.54) is 0 Å². The lowest BCUT2D eigenvalue weighted by Gasteiger charge is -2.43. The van der Waals surface area contributed by atoms with E-state index in [9.17, 15) is 9.59 Å². The largest absolute Gasteiger partial charge is 0.463 e. The number of likely N-dealkylation sites (tertiary alicyclic amines) is 1. The molecule has 1 amide bonds. The first-order valence-electron chi connectivity index (χ1n) is 11.4.